The fourth-order valence-electron chi connectivity index (χ4n) is 12.9. The van der Waals surface area contributed by atoms with Crippen LogP contribution < -0.4 is 0 Å². The highest BCUT2D eigenvalue weighted by Crippen LogP contribution is 2.47. The third-order valence-corrected chi connectivity index (χ3v) is 17.7. The van der Waals surface area contributed by atoms with Crippen LogP contribution in [0.3, 0.4) is 0 Å². The lowest BCUT2D eigenvalue weighted by molar-refractivity contribution is -0.302. The summed E-state index contributed by atoms with van der Waals surface area (Å²) in [5.74, 6) is -15.1. The van der Waals surface area contributed by atoms with E-state index in [1.54, 1.807) is 19.1 Å². The number of piperidine rings is 1. The highest BCUT2D eigenvalue weighted by atomic mass is 19.4. The fraction of sp³-hybridized carbons (Fsp3) is 0.625. The fourth-order valence-corrected chi connectivity index (χ4v) is 12.9. The van der Waals surface area contributed by atoms with Crippen molar-refractivity contribution in [2.75, 3.05) is 42.1 Å². The van der Waals surface area contributed by atoms with Crippen LogP contribution in [0.25, 0.3) is 0 Å². The number of carbonyl (C=O) groups is 6. The van der Waals surface area contributed by atoms with Gasteiger partial charge in [0.05, 0.1) is 18.3 Å². The number of aliphatic hydroxyl groups is 1. The molecular weight excluding hydrogens is 1150 g/mol. The Morgan fingerprint density at radius 1 is 0.724 bits per heavy atom. The number of methoxy groups -OCH3 is 5. The first-order valence-corrected chi connectivity index (χ1v) is 29.3. The Morgan fingerprint density at radius 2 is 1.26 bits per heavy atom. The molecule has 1 aliphatic carbocycles. The number of rotatable bonds is 15. The maximum absolute atomic E-state index is 15.7. The molecule has 3 aliphatic heterocycles. The van der Waals surface area contributed by atoms with Crippen molar-refractivity contribution in [2.45, 2.75) is 183 Å². The number of hydrogen-bond acceptors (Lipinski definition) is 16. The van der Waals surface area contributed by atoms with E-state index in [1.807, 2.05) is 6.92 Å². The third-order valence-electron chi connectivity index (χ3n) is 17.7. The Balaban J connectivity index is 1.49. The zero-order valence-corrected chi connectivity index (χ0v) is 51.0. The second-order valence-corrected chi connectivity index (χ2v) is 23.5. The van der Waals surface area contributed by atoms with Crippen LogP contribution in [0.4, 0.5) is 26.3 Å². The number of halogens is 6. The van der Waals surface area contributed by atoms with Crippen molar-refractivity contribution in [2.24, 2.45) is 29.6 Å². The van der Waals surface area contributed by atoms with Crippen molar-refractivity contribution in [3.63, 3.8) is 0 Å². The van der Waals surface area contributed by atoms with Gasteiger partial charge in [0.25, 0.3) is 22.9 Å². The summed E-state index contributed by atoms with van der Waals surface area (Å²) in [6, 6.07) is 10.7. The summed E-state index contributed by atoms with van der Waals surface area (Å²) >= 11 is 0. The standard InChI is InChI=1S/C64H83F6NO16/c1-12-21-43-31-37(2)30-38(3)32-51(80-8)54-52(81-9)34-40(5)62(78,87-54)55(73)56(74)71-29-20-19-26-46(71)57(75)86-53(41(6)49(36-47(43)72)85-59(77)61(83-11,64(68,69)70)45-24-17-14-18-25-45)39(4)33-42-27-28-48(50(35-42)79-7)84-58(76)60(82-10,63(65,66)67)44-22-15-13-16-23-44/h12-18,22-25,31,33,38,40-43,46,48-54,78H,1,19-21,26-30,32,34-36H2,2-11H3/b37-31+,39-33?. The lowest BCUT2D eigenvalue weighted by Crippen LogP contribution is -2.64. The van der Waals surface area contributed by atoms with Crippen LogP contribution in [0.1, 0.15) is 116 Å². The number of ketones is 2. The molecule has 23 heteroatoms. The number of Topliss-reactive ketones (excluding diaryl/α,β-unsaturated/α-hetero) is 2. The number of carbonyl (C=O) groups excluding carboxylic acids is 6. The van der Waals surface area contributed by atoms with Crippen LogP contribution in [-0.4, -0.2) is 154 Å². The molecule has 16 unspecified atom stereocenters. The maximum atomic E-state index is 15.7. The minimum absolute atomic E-state index is 0.0187. The third kappa shape index (κ3) is 15.1. The van der Waals surface area contributed by atoms with Gasteiger partial charge in [-0.3, -0.25) is 14.4 Å². The van der Waals surface area contributed by atoms with E-state index >= 15 is 18.0 Å². The van der Waals surface area contributed by atoms with Gasteiger partial charge in [0.15, 0.2) is 0 Å². The van der Waals surface area contributed by atoms with Crippen LogP contribution in [0, 0.1) is 29.6 Å². The Kier molecular flexibility index (Phi) is 24.0. The number of cyclic esters (lactones) is 1. The molecule has 0 radical (unpaired) electrons. The van der Waals surface area contributed by atoms with Gasteiger partial charge in [0.1, 0.15) is 36.2 Å². The molecule has 87 heavy (non-hydrogen) atoms. The van der Waals surface area contributed by atoms with Gasteiger partial charge in [0, 0.05) is 77.4 Å². The molecule has 1 saturated carbocycles. The molecular formula is C64H83F6NO16. The SMILES string of the molecule is C=CCC1/C=C(\C)CC(C)CC(OC)C2OC(O)(C(=O)C(=O)N3CCCCC3C(=O)OC(C(C)=CC3CCC(OC(=O)C(OC)(c4ccccc4)C(F)(F)F)C(OC)C3)C(C)C(OC(=O)C(OC)(c3ccccc3)C(F)(F)F)CC1=O)C(C)CC2OC. The Morgan fingerprint density at radius 3 is 1.78 bits per heavy atom. The van der Waals surface area contributed by atoms with E-state index < -0.39 is 155 Å². The van der Waals surface area contributed by atoms with E-state index in [0.717, 1.165) is 36.3 Å². The van der Waals surface area contributed by atoms with Crippen molar-refractivity contribution >= 4 is 35.4 Å². The van der Waals surface area contributed by atoms with Gasteiger partial charge in [-0.15, -0.1) is 6.58 Å². The number of hydrogen-bond donors (Lipinski definition) is 1. The van der Waals surface area contributed by atoms with Gasteiger partial charge in [-0.25, -0.2) is 14.4 Å². The number of fused-ring (bicyclic) bond motifs is 3. The molecule has 2 bridgehead atoms. The summed E-state index contributed by atoms with van der Waals surface area (Å²) in [5, 5.41) is 12.3. The average molecular weight is 1240 g/mol. The molecule has 3 fully saturated rings. The molecule has 482 valence electrons. The lowest BCUT2D eigenvalue weighted by Gasteiger charge is -2.47. The van der Waals surface area contributed by atoms with Gasteiger partial charge in [0.2, 0.25) is 5.79 Å². The number of nitrogens with zero attached hydrogens (tertiary/aromatic N) is 1. The van der Waals surface area contributed by atoms with Crippen molar-refractivity contribution in [1.29, 1.82) is 0 Å². The second kappa shape index (κ2) is 29.7. The van der Waals surface area contributed by atoms with Crippen molar-refractivity contribution in [3.05, 3.63) is 108 Å². The van der Waals surface area contributed by atoms with Gasteiger partial charge in [-0.1, -0.05) is 105 Å². The number of amides is 1. The zero-order chi connectivity index (χ0) is 64.4. The van der Waals surface area contributed by atoms with Crippen molar-refractivity contribution in [1.82, 2.24) is 4.90 Å². The molecule has 1 N–H and O–H groups in total. The van der Waals surface area contributed by atoms with Crippen LogP contribution in [0.15, 0.2) is 96.6 Å². The lowest BCUT2D eigenvalue weighted by atomic mass is 9.81. The molecule has 1 amide bonds. The first kappa shape index (κ1) is 70.3. The normalized spacial score (nSPS) is 32.6. The van der Waals surface area contributed by atoms with E-state index in [1.165, 1.54) is 84.6 Å². The van der Waals surface area contributed by atoms with E-state index in [0.29, 0.717) is 31.9 Å². The molecule has 4 aliphatic rings. The molecule has 2 aromatic carbocycles. The molecule has 6 rings (SSSR count). The molecule has 2 aromatic rings. The molecule has 16 atom stereocenters. The predicted octanol–water partition coefficient (Wildman–Crippen LogP) is 9.95. The Bertz CT molecular complexity index is 2780. The molecule has 17 nitrogen and oxygen atoms in total. The minimum Gasteiger partial charge on any atom is -0.459 e. The second-order valence-electron chi connectivity index (χ2n) is 23.5. The maximum Gasteiger partial charge on any atom is 0.432 e. The van der Waals surface area contributed by atoms with Crippen molar-refractivity contribution < 1.29 is 103 Å². The number of esters is 3. The zero-order valence-electron chi connectivity index (χ0n) is 51.0. The van der Waals surface area contributed by atoms with E-state index in [2.05, 4.69) is 6.58 Å². The van der Waals surface area contributed by atoms with Crippen molar-refractivity contribution in [3.8, 4) is 0 Å². The number of benzene rings is 2. The summed E-state index contributed by atoms with van der Waals surface area (Å²) in [5.41, 5.74) is -7.57. The van der Waals surface area contributed by atoms with Gasteiger partial charge >= 0.3 is 30.3 Å². The molecule has 2 saturated heterocycles. The number of alkyl halides is 6. The van der Waals surface area contributed by atoms with Gasteiger partial charge < -0.3 is 52.6 Å². The Labute approximate surface area is 504 Å². The number of allylic oxidation sites excluding steroid dienone is 4. The van der Waals surface area contributed by atoms with Crippen LogP contribution in [-0.2, 0) is 82.6 Å². The number of ether oxygens (including phenoxy) is 9. The van der Waals surface area contributed by atoms with E-state index in [9.17, 15) is 42.3 Å². The first-order valence-electron chi connectivity index (χ1n) is 29.3. The topological polar surface area (TPSA) is 209 Å². The Hall–Kier alpha value is -5.82. The molecule has 3 heterocycles. The highest BCUT2D eigenvalue weighted by Gasteiger charge is 2.66. The molecule has 0 aromatic heterocycles. The summed E-state index contributed by atoms with van der Waals surface area (Å²) in [6.45, 7) is 11.8. The summed E-state index contributed by atoms with van der Waals surface area (Å²) < 4.78 is 144. The largest absolute Gasteiger partial charge is 0.459 e. The first-order chi connectivity index (χ1) is 41.0. The average Bonchev–Trinajstić information content (AvgIpc) is 0.920. The molecule has 0 spiro atoms. The van der Waals surface area contributed by atoms with E-state index in [-0.39, 0.29) is 63.0 Å². The van der Waals surface area contributed by atoms with Crippen LogP contribution >= 0.6 is 0 Å². The smallest absolute Gasteiger partial charge is 0.432 e. The van der Waals surface area contributed by atoms with E-state index in [4.69, 9.17) is 42.6 Å². The predicted molar refractivity (Wildman–Crippen MR) is 303 cm³/mol. The van der Waals surface area contributed by atoms with Gasteiger partial charge in [-0.05, 0) is 95.5 Å². The summed E-state index contributed by atoms with van der Waals surface area (Å²) in [6.07, 6.45) is -13.8. The highest BCUT2D eigenvalue weighted by molar-refractivity contribution is 6.39. The quantitative estimate of drug-likeness (QED) is 0.0578. The summed E-state index contributed by atoms with van der Waals surface area (Å²) in [4.78, 5) is 89.0. The minimum atomic E-state index is -5.47. The monoisotopic (exact) mass is 1240 g/mol. The van der Waals surface area contributed by atoms with Gasteiger partial charge in [-0.2, -0.15) is 26.3 Å². The van der Waals surface area contributed by atoms with Crippen LogP contribution in [0.2, 0.25) is 0 Å². The summed E-state index contributed by atoms with van der Waals surface area (Å²) in [7, 11) is 5.55. The van der Waals surface area contributed by atoms with Crippen LogP contribution in [0.5, 0.6) is 0 Å².